The molecule has 1 nitrogen and oxygen atoms in total. The number of hydrogen-bond acceptors (Lipinski definition) is 2. The molecule has 0 aliphatic carbocycles. The SMILES string of the molecule is CCCNC(Cc1ccc(F)cc1Cl)c1cc(Br)c(Br)s1. The maximum absolute atomic E-state index is 13.2. The Balaban J connectivity index is 2.23. The fourth-order valence-electron chi connectivity index (χ4n) is 2.03. The van der Waals surface area contributed by atoms with E-state index in [1.807, 2.05) is 0 Å². The van der Waals surface area contributed by atoms with Crippen LogP contribution in [-0.2, 0) is 6.42 Å². The van der Waals surface area contributed by atoms with Crippen molar-refractivity contribution in [3.05, 3.63) is 53.8 Å². The lowest BCUT2D eigenvalue weighted by molar-refractivity contribution is 0.536. The summed E-state index contributed by atoms with van der Waals surface area (Å²) in [4.78, 5) is 1.22. The molecule has 0 fully saturated rings. The van der Waals surface area contributed by atoms with Gasteiger partial charge in [-0.3, -0.25) is 0 Å². The highest BCUT2D eigenvalue weighted by atomic mass is 79.9. The smallest absolute Gasteiger partial charge is 0.124 e. The van der Waals surface area contributed by atoms with Gasteiger partial charge in [-0.25, -0.2) is 4.39 Å². The van der Waals surface area contributed by atoms with E-state index < -0.39 is 0 Å². The van der Waals surface area contributed by atoms with E-state index in [0.717, 1.165) is 33.2 Å². The molecule has 0 saturated heterocycles. The first kappa shape index (κ1) is 17.4. The van der Waals surface area contributed by atoms with Gasteiger partial charge < -0.3 is 5.32 Å². The molecule has 1 aromatic carbocycles. The normalized spacial score (nSPS) is 12.6. The molecule has 0 spiro atoms. The highest BCUT2D eigenvalue weighted by molar-refractivity contribution is 9.13. The van der Waals surface area contributed by atoms with Crippen LogP contribution in [0.25, 0.3) is 0 Å². The number of nitrogens with one attached hydrogen (secondary N) is 1. The summed E-state index contributed by atoms with van der Waals surface area (Å²) in [5.74, 6) is -0.302. The van der Waals surface area contributed by atoms with Crippen LogP contribution in [0.4, 0.5) is 4.39 Å². The molecule has 1 unspecified atom stereocenters. The third-order valence-corrected chi connectivity index (χ3v) is 6.81. The molecule has 114 valence electrons. The molecule has 2 rings (SSSR count). The average molecular weight is 456 g/mol. The van der Waals surface area contributed by atoms with E-state index in [9.17, 15) is 4.39 Å². The molecule has 1 heterocycles. The van der Waals surface area contributed by atoms with Crippen LogP contribution >= 0.6 is 54.8 Å². The van der Waals surface area contributed by atoms with Crippen molar-refractivity contribution in [2.75, 3.05) is 6.54 Å². The van der Waals surface area contributed by atoms with E-state index in [-0.39, 0.29) is 11.9 Å². The third-order valence-electron chi connectivity index (χ3n) is 3.09. The van der Waals surface area contributed by atoms with Crippen LogP contribution in [0.1, 0.15) is 29.8 Å². The van der Waals surface area contributed by atoms with E-state index >= 15 is 0 Å². The lowest BCUT2D eigenvalue weighted by Gasteiger charge is -2.18. The first-order chi connectivity index (χ1) is 10.0. The molecule has 21 heavy (non-hydrogen) atoms. The van der Waals surface area contributed by atoms with Gasteiger partial charge in [-0.1, -0.05) is 24.6 Å². The Bertz CT molecular complexity index is 598. The van der Waals surface area contributed by atoms with Gasteiger partial charge in [0.05, 0.1) is 3.79 Å². The Morgan fingerprint density at radius 1 is 1.33 bits per heavy atom. The van der Waals surface area contributed by atoms with Crippen LogP contribution in [0.5, 0.6) is 0 Å². The van der Waals surface area contributed by atoms with Gasteiger partial charge in [0.15, 0.2) is 0 Å². The van der Waals surface area contributed by atoms with Gasteiger partial charge in [-0.05, 0) is 75.0 Å². The lowest BCUT2D eigenvalue weighted by Crippen LogP contribution is -2.23. The summed E-state index contributed by atoms with van der Waals surface area (Å²) in [5.41, 5.74) is 0.951. The van der Waals surface area contributed by atoms with Gasteiger partial charge in [0.1, 0.15) is 5.82 Å². The summed E-state index contributed by atoms with van der Waals surface area (Å²) in [6.07, 6.45) is 1.79. The fraction of sp³-hybridized carbons (Fsp3) is 0.333. The molecule has 0 aliphatic heterocycles. The van der Waals surface area contributed by atoms with Gasteiger partial charge >= 0.3 is 0 Å². The number of thiophene rings is 1. The van der Waals surface area contributed by atoms with Crippen molar-refractivity contribution in [3.8, 4) is 0 Å². The van der Waals surface area contributed by atoms with E-state index in [1.165, 1.54) is 17.0 Å². The molecule has 6 heteroatoms. The second-order valence-electron chi connectivity index (χ2n) is 4.72. The second-order valence-corrected chi connectivity index (χ2v) is 8.38. The van der Waals surface area contributed by atoms with Crippen molar-refractivity contribution in [2.24, 2.45) is 0 Å². The predicted octanol–water partition coefficient (Wildman–Crippen LogP) is 6.35. The van der Waals surface area contributed by atoms with Gasteiger partial charge in [-0.2, -0.15) is 0 Å². The van der Waals surface area contributed by atoms with Crippen molar-refractivity contribution in [1.29, 1.82) is 0 Å². The summed E-state index contributed by atoms with van der Waals surface area (Å²) < 4.78 is 15.3. The standard InChI is InChI=1S/C15H15Br2ClFNS/c1-2-5-20-13(14-8-11(16)15(17)21-14)6-9-3-4-10(19)7-12(9)18/h3-4,7-8,13,20H,2,5-6H2,1H3. The Kier molecular flexibility index (Phi) is 6.69. The molecule has 1 aromatic heterocycles. The lowest BCUT2D eigenvalue weighted by atomic mass is 10.0. The van der Waals surface area contributed by atoms with Crippen LogP contribution in [0.2, 0.25) is 5.02 Å². The molecule has 0 bridgehead atoms. The molecule has 2 aromatic rings. The zero-order valence-electron chi connectivity index (χ0n) is 11.4. The summed E-state index contributed by atoms with van der Waals surface area (Å²) in [6.45, 7) is 3.06. The third kappa shape index (κ3) is 4.76. The molecular weight excluding hydrogens is 440 g/mol. The van der Waals surface area contributed by atoms with Crippen LogP contribution in [0.15, 0.2) is 32.5 Å². The van der Waals surface area contributed by atoms with Crippen molar-refractivity contribution in [1.82, 2.24) is 5.32 Å². The van der Waals surface area contributed by atoms with Crippen LogP contribution < -0.4 is 5.32 Å². The van der Waals surface area contributed by atoms with Gasteiger partial charge in [0.25, 0.3) is 0 Å². The van der Waals surface area contributed by atoms with E-state index in [4.69, 9.17) is 11.6 Å². The van der Waals surface area contributed by atoms with Gasteiger partial charge in [0.2, 0.25) is 0 Å². The average Bonchev–Trinajstić information content (AvgIpc) is 2.77. The van der Waals surface area contributed by atoms with Crippen molar-refractivity contribution in [2.45, 2.75) is 25.8 Å². The molecular formula is C15H15Br2ClFNS. The van der Waals surface area contributed by atoms with Gasteiger partial charge in [0, 0.05) is 20.4 Å². The monoisotopic (exact) mass is 453 g/mol. The van der Waals surface area contributed by atoms with E-state index in [2.05, 4.69) is 50.2 Å². The molecule has 0 amide bonds. The van der Waals surface area contributed by atoms with Crippen LogP contribution in [0.3, 0.4) is 0 Å². The highest BCUT2D eigenvalue weighted by Crippen LogP contribution is 2.37. The van der Waals surface area contributed by atoms with Crippen molar-refractivity contribution < 1.29 is 4.39 Å². The Morgan fingerprint density at radius 3 is 2.67 bits per heavy atom. The number of hydrogen-bond donors (Lipinski definition) is 1. The Hall–Kier alpha value is 0.0600. The summed E-state index contributed by atoms with van der Waals surface area (Å²) in [5, 5.41) is 4.01. The second kappa shape index (κ2) is 8.06. The largest absolute Gasteiger partial charge is 0.309 e. The first-order valence-electron chi connectivity index (χ1n) is 6.63. The van der Waals surface area contributed by atoms with Crippen molar-refractivity contribution in [3.63, 3.8) is 0 Å². The van der Waals surface area contributed by atoms with Crippen LogP contribution in [-0.4, -0.2) is 6.54 Å². The first-order valence-corrected chi connectivity index (χ1v) is 9.41. The fourth-order valence-corrected chi connectivity index (χ4v) is 4.44. The van der Waals surface area contributed by atoms with Crippen LogP contribution in [0, 0.1) is 5.82 Å². The quantitative estimate of drug-likeness (QED) is 0.535. The maximum atomic E-state index is 13.2. The number of rotatable bonds is 6. The molecule has 1 atom stereocenters. The number of benzene rings is 1. The zero-order valence-corrected chi connectivity index (χ0v) is 16.2. The molecule has 0 aliphatic rings. The molecule has 0 radical (unpaired) electrons. The highest BCUT2D eigenvalue weighted by Gasteiger charge is 2.17. The minimum absolute atomic E-state index is 0.167. The summed E-state index contributed by atoms with van der Waals surface area (Å²) in [6, 6.07) is 6.86. The Morgan fingerprint density at radius 2 is 2.10 bits per heavy atom. The van der Waals surface area contributed by atoms with E-state index in [1.54, 1.807) is 17.4 Å². The summed E-state index contributed by atoms with van der Waals surface area (Å²) >= 11 is 14.9. The van der Waals surface area contributed by atoms with Crippen molar-refractivity contribution >= 4 is 54.8 Å². The number of halogens is 4. The van der Waals surface area contributed by atoms with E-state index in [0.29, 0.717) is 5.02 Å². The topological polar surface area (TPSA) is 12.0 Å². The zero-order chi connectivity index (χ0) is 15.4. The molecule has 1 N–H and O–H groups in total. The maximum Gasteiger partial charge on any atom is 0.124 e. The summed E-state index contributed by atoms with van der Waals surface area (Å²) in [7, 11) is 0. The Labute approximate surface area is 150 Å². The minimum atomic E-state index is -0.302. The minimum Gasteiger partial charge on any atom is -0.309 e. The molecule has 0 saturated carbocycles. The predicted molar refractivity (Wildman–Crippen MR) is 95.9 cm³/mol. The van der Waals surface area contributed by atoms with Gasteiger partial charge in [-0.15, -0.1) is 11.3 Å².